The molecule has 5 aromatic rings. The number of benzene rings is 2. The number of hydrogen-bond acceptors (Lipinski definition) is 5. The molecule has 0 bridgehead atoms. The first-order valence-corrected chi connectivity index (χ1v) is 12.4. The van der Waals surface area contributed by atoms with Crippen LogP contribution < -0.4 is 11.0 Å². The van der Waals surface area contributed by atoms with E-state index in [2.05, 4.69) is 53.0 Å². The number of allylic oxidation sites excluding steroid dienone is 1. The minimum atomic E-state index is -0.288. The molecule has 0 atom stereocenters. The van der Waals surface area contributed by atoms with Crippen molar-refractivity contribution in [3.05, 3.63) is 113 Å². The first-order valence-electron chi connectivity index (χ1n) is 11.4. The molecule has 0 unspecified atom stereocenters. The SMILES string of the molecule is C=CCn1c(=O)c2ccccc2n2c(SCC(=O)N=c3ccccn3Cc3ccc(C)cc3)nnc12. The van der Waals surface area contributed by atoms with Crippen LogP contribution >= 0.6 is 11.8 Å². The third-order valence-corrected chi connectivity index (χ3v) is 6.66. The molecule has 5 rings (SSSR count). The number of para-hydroxylation sites is 1. The average molecular weight is 497 g/mol. The van der Waals surface area contributed by atoms with Gasteiger partial charge in [0.25, 0.3) is 11.5 Å². The highest BCUT2D eigenvalue weighted by molar-refractivity contribution is 7.99. The zero-order chi connectivity index (χ0) is 25.1. The summed E-state index contributed by atoms with van der Waals surface area (Å²) in [6.45, 7) is 6.72. The van der Waals surface area contributed by atoms with Crippen LogP contribution in [0.3, 0.4) is 0 Å². The zero-order valence-electron chi connectivity index (χ0n) is 19.7. The van der Waals surface area contributed by atoms with E-state index in [9.17, 15) is 9.59 Å². The van der Waals surface area contributed by atoms with Gasteiger partial charge in [-0.1, -0.05) is 65.9 Å². The molecule has 0 radical (unpaired) electrons. The summed E-state index contributed by atoms with van der Waals surface area (Å²) in [7, 11) is 0. The van der Waals surface area contributed by atoms with Crippen LogP contribution in [0.1, 0.15) is 11.1 Å². The maximum absolute atomic E-state index is 12.9. The number of aromatic nitrogens is 5. The lowest BCUT2D eigenvalue weighted by Crippen LogP contribution is -2.23. The second-order valence-electron chi connectivity index (χ2n) is 8.31. The fraction of sp³-hybridized carbons (Fsp3) is 0.148. The molecule has 180 valence electrons. The third-order valence-electron chi connectivity index (χ3n) is 5.74. The number of carbonyl (C=O) groups is 1. The van der Waals surface area contributed by atoms with E-state index in [1.165, 1.54) is 21.9 Å². The Bertz CT molecular complexity index is 1710. The smallest absolute Gasteiger partial charge is 0.263 e. The molecule has 0 saturated carbocycles. The lowest BCUT2D eigenvalue weighted by molar-refractivity contribution is -0.115. The zero-order valence-corrected chi connectivity index (χ0v) is 20.6. The van der Waals surface area contributed by atoms with Gasteiger partial charge >= 0.3 is 0 Å². The first-order chi connectivity index (χ1) is 17.5. The van der Waals surface area contributed by atoms with E-state index in [0.29, 0.717) is 40.4 Å². The molecular formula is C27H24N6O2S. The average Bonchev–Trinajstić information content (AvgIpc) is 3.32. The van der Waals surface area contributed by atoms with E-state index in [-0.39, 0.29) is 17.2 Å². The summed E-state index contributed by atoms with van der Waals surface area (Å²) in [6, 6.07) is 21.2. The number of rotatable bonds is 7. The van der Waals surface area contributed by atoms with Crippen LogP contribution in [0, 0.1) is 6.92 Å². The number of pyridine rings is 1. The molecule has 3 aromatic heterocycles. The molecule has 0 N–H and O–H groups in total. The fourth-order valence-electron chi connectivity index (χ4n) is 4.00. The van der Waals surface area contributed by atoms with Gasteiger partial charge in [0.15, 0.2) is 5.16 Å². The monoisotopic (exact) mass is 496 g/mol. The number of aryl methyl sites for hydroxylation is 1. The van der Waals surface area contributed by atoms with Crippen LogP contribution in [-0.4, -0.2) is 35.4 Å². The normalized spacial score (nSPS) is 11.9. The van der Waals surface area contributed by atoms with Crippen LogP contribution in [-0.2, 0) is 17.9 Å². The van der Waals surface area contributed by atoms with E-state index in [0.717, 1.165) is 5.56 Å². The number of nitrogens with zero attached hydrogens (tertiary/aromatic N) is 6. The minimum Gasteiger partial charge on any atom is -0.328 e. The topological polar surface area (TPSA) is 86.5 Å². The van der Waals surface area contributed by atoms with Crippen molar-refractivity contribution in [2.45, 2.75) is 25.2 Å². The first kappa shape index (κ1) is 23.5. The quantitative estimate of drug-likeness (QED) is 0.254. The van der Waals surface area contributed by atoms with E-state index < -0.39 is 0 Å². The van der Waals surface area contributed by atoms with Crippen molar-refractivity contribution in [1.82, 2.24) is 23.7 Å². The van der Waals surface area contributed by atoms with Crippen molar-refractivity contribution in [3.8, 4) is 0 Å². The predicted molar refractivity (Wildman–Crippen MR) is 141 cm³/mol. The van der Waals surface area contributed by atoms with E-state index in [1.54, 1.807) is 16.5 Å². The van der Waals surface area contributed by atoms with E-state index in [1.807, 2.05) is 47.2 Å². The second kappa shape index (κ2) is 10.2. The molecule has 8 nitrogen and oxygen atoms in total. The highest BCUT2D eigenvalue weighted by atomic mass is 32.2. The molecule has 0 fully saturated rings. The Kier molecular flexibility index (Phi) is 6.64. The van der Waals surface area contributed by atoms with Crippen molar-refractivity contribution in [1.29, 1.82) is 0 Å². The molecule has 0 saturated heterocycles. The highest BCUT2D eigenvalue weighted by Gasteiger charge is 2.17. The lowest BCUT2D eigenvalue weighted by Gasteiger charge is -2.09. The number of fused-ring (bicyclic) bond motifs is 3. The molecule has 0 spiro atoms. The van der Waals surface area contributed by atoms with Gasteiger partial charge in [-0.05, 0) is 36.8 Å². The third kappa shape index (κ3) is 4.65. The van der Waals surface area contributed by atoms with Gasteiger partial charge in [0, 0.05) is 19.3 Å². The van der Waals surface area contributed by atoms with Crippen molar-refractivity contribution in [2.24, 2.45) is 4.99 Å². The summed E-state index contributed by atoms with van der Waals surface area (Å²) in [4.78, 5) is 30.2. The summed E-state index contributed by atoms with van der Waals surface area (Å²) in [5.74, 6) is 0.198. The Labute approximate surface area is 211 Å². The van der Waals surface area contributed by atoms with Crippen LogP contribution in [0.2, 0.25) is 0 Å². The molecular weight excluding hydrogens is 472 g/mol. The van der Waals surface area contributed by atoms with Gasteiger partial charge in [-0.3, -0.25) is 18.6 Å². The van der Waals surface area contributed by atoms with Crippen molar-refractivity contribution in [2.75, 3.05) is 5.75 Å². The molecule has 3 heterocycles. The van der Waals surface area contributed by atoms with Gasteiger partial charge in [0.05, 0.1) is 16.7 Å². The fourth-order valence-corrected chi connectivity index (χ4v) is 4.72. The minimum absolute atomic E-state index is 0.0785. The van der Waals surface area contributed by atoms with Crippen LogP contribution in [0.25, 0.3) is 16.7 Å². The second-order valence-corrected chi connectivity index (χ2v) is 9.25. The van der Waals surface area contributed by atoms with Gasteiger partial charge in [-0.25, -0.2) is 0 Å². The van der Waals surface area contributed by atoms with Crippen LogP contribution in [0.4, 0.5) is 0 Å². The summed E-state index contributed by atoms with van der Waals surface area (Å²) in [5.41, 5.74) is 3.44. The van der Waals surface area contributed by atoms with Gasteiger partial charge in [0.2, 0.25) is 5.78 Å². The molecule has 9 heteroatoms. The van der Waals surface area contributed by atoms with E-state index >= 15 is 0 Å². The predicted octanol–water partition coefficient (Wildman–Crippen LogP) is 3.61. The molecule has 36 heavy (non-hydrogen) atoms. The van der Waals surface area contributed by atoms with Gasteiger partial charge in [-0.2, -0.15) is 4.99 Å². The van der Waals surface area contributed by atoms with Gasteiger partial charge in [0.1, 0.15) is 5.49 Å². The molecule has 0 aliphatic carbocycles. The van der Waals surface area contributed by atoms with E-state index in [4.69, 9.17) is 0 Å². The summed E-state index contributed by atoms with van der Waals surface area (Å²) < 4.78 is 5.27. The van der Waals surface area contributed by atoms with Gasteiger partial charge in [-0.15, -0.1) is 16.8 Å². The lowest BCUT2D eigenvalue weighted by atomic mass is 10.1. The van der Waals surface area contributed by atoms with Crippen molar-refractivity contribution < 1.29 is 4.79 Å². The van der Waals surface area contributed by atoms with Gasteiger partial charge < -0.3 is 4.57 Å². The molecule has 2 aromatic carbocycles. The van der Waals surface area contributed by atoms with Crippen LogP contribution in [0.15, 0.2) is 101 Å². The maximum atomic E-state index is 12.9. The van der Waals surface area contributed by atoms with Crippen molar-refractivity contribution >= 4 is 34.3 Å². The Balaban J connectivity index is 1.44. The summed E-state index contributed by atoms with van der Waals surface area (Å²) in [5, 5.41) is 9.57. The van der Waals surface area contributed by atoms with Crippen LogP contribution in [0.5, 0.6) is 0 Å². The number of hydrogen-bond donors (Lipinski definition) is 0. The Hall–Kier alpha value is -4.24. The summed E-state index contributed by atoms with van der Waals surface area (Å²) in [6.07, 6.45) is 3.56. The number of carbonyl (C=O) groups excluding carboxylic acids is 1. The Morgan fingerprint density at radius 3 is 2.64 bits per heavy atom. The molecule has 0 aliphatic heterocycles. The standard InChI is InChI=1S/C27H24N6O2S/c1-3-15-32-25(35)21-8-4-5-9-22(21)33-26(32)29-30-27(33)36-18-24(34)28-23-10-6-7-16-31(23)17-20-13-11-19(2)12-14-20/h3-14,16H,1,15,17-18H2,2H3. The number of thioether (sulfide) groups is 1. The Morgan fingerprint density at radius 2 is 1.83 bits per heavy atom. The maximum Gasteiger partial charge on any atom is 0.263 e. The Morgan fingerprint density at radius 1 is 1.06 bits per heavy atom. The highest BCUT2D eigenvalue weighted by Crippen LogP contribution is 2.21. The number of amides is 1. The molecule has 1 amide bonds. The largest absolute Gasteiger partial charge is 0.328 e. The van der Waals surface area contributed by atoms with Crippen molar-refractivity contribution in [3.63, 3.8) is 0 Å². The summed E-state index contributed by atoms with van der Waals surface area (Å²) >= 11 is 1.24. The molecule has 0 aliphatic rings.